The summed E-state index contributed by atoms with van der Waals surface area (Å²) in [5, 5.41) is 10.3. The Kier molecular flexibility index (Phi) is 5.99. The second kappa shape index (κ2) is 6.36. The summed E-state index contributed by atoms with van der Waals surface area (Å²) in [7, 11) is -3.46. The molecule has 0 spiro atoms. The Labute approximate surface area is 114 Å². The van der Waals surface area contributed by atoms with Gasteiger partial charge in [0.1, 0.15) is 5.25 Å². The Morgan fingerprint density at radius 2 is 1.74 bits per heavy atom. The van der Waals surface area contributed by atoms with Gasteiger partial charge in [0.05, 0.1) is 5.92 Å². The minimum atomic E-state index is -3.46. The van der Waals surface area contributed by atoms with E-state index in [2.05, 4.69) is 5.32 Å². The maximum atomic E-state index is 11.6. The summed E-state index contributed by atoms with van der Waals surface area (Å²) < 4.78 is 22.4. The number of carboxylic acid groups (broad SMARTS) is 1. The number of carboxylic acids is 1. The lowest BCUT2D eigenvalue weighted by molar-refractivity contribution is -0.142. The number of aliphatic carboxylic acids is 1. The number of hydrogen-bond acceptors (Lipinski definition) is 4. The molecule has 1 amide bonds. The smallest absolute Gasteiger partial charge is 0.308 e. The molecule has 0 aliphatic carbocycles. The van der Waals surface area contributed by atoms with E-state index in [0.29, 0.717) is 6.42 Å². The van der Waals surface area contributed by atoms with Gasteiger partial charge < -0.3 is 10.4 Å². The van der Waals surface area contributed by atoms with Crippen LogP contribution in [0.2, 0.25) is 0 Å². The number of nitrogens with one attached hydrogen (secondary N) is 1. The number of sulfone groups is 1. The third kappa shape index (κ3) is 7.15. The molecular weight excluding hydrogens is 270 g/mol. The number of amides is 1. The fourth-order valence-corrected chi connectivity index (χ4v) is 2.02. The minimum Gasteiger partial charge on any atom is -0.481 e. The fraction of sp³-hybridized carbons (Fsp3) is 0.833. The quantitative estimate of drug-likeness (QED) is 0.749. The zero-order valence-corrected chi connectivity index (χ0v) is 12.9. The maximum absolute atomic E-state index is 11.6. The lowest BCUT2D eigenvalue weighted by Gasteiger charge is -2.23. The topological polar surface area (TPSA) is 101 Å². The third-order valence-corrected chi connectivity index (χ3v) is 4.24. The van der Waals surface area contributed by atoms with Crippen LogP contribution in [-0.4, -0.2) is 43.5 Å². The maximum Gasteiger partial charge on any atom is 0.308 e. The van der Waals surface area contributed by atoms with Crippen molar-refractivity contribution in [1.82, 2.24) is 5.32 Å². The Hall–Kier alpha value is -1.11. The average Bonchev–Trinajstić information content (AvgIpc) is 2.19. The van der Waals surface area contributed by atoms with Crippen LogP contribution in [0.15, 0.2) is 0 Å². The highest BCUT2D eigenvalue weighted by Gasteiger charge is 2.28. The van der Waals surface area contributed by atoms with E-state index >= 15 is 0 Å². The SMILES string of the molecule is CC(C(=O)NCC(CC(C)(C)C)C(=O)O)S(C)(=O)=O. The molecule has 2 atom stereocenters. The van der Waals surface area contributed by atoms with E-state index in [4.69, 9.17) is 5.11 Å². The van der Waals surface area contributed by atoms with E-state index in [1.54, 1.807) is 0 Å². The van der Waals surface area contributed by atoms with Crippen LogP contribution >= 0.6 is 0 Å². The van der Waals surface area contributed by atoms with E-state index in [0.717, 1.165) is 6.26 Å². The average molecular weight is 293 g/mol. The summed E-state index contributed by atoms with van der Waals surface area (Å²) in [6, 6.07) is 0. The lowest BCUT2D eigenvalue weighted by Crippen LogP contribution is -2.41. The van der Waals surface area contributed by atoms with Gasteiger partial charge in [-0.2, -0.15) is 0 Å². The number of rotatable bonds is 6. The second-order valence-corrected chi connectivity index (χ2v) is 8.38. The van der Waals surface area contributed by atoms with Crippen LogP contribution in [0.4, 0.5) is 0 Å². The Balaban J connectivity index is 4.59. The highest BCUT2D eigenvalue weighted by Crippen LogP contribution is 2.24. The van der Waals surface area contributed by atoms with E-state index in [9.17, 15) is 18.0 Å². The van der Waals surface area contributed by atoms with Crippen molar-refractivity contribution < 1.29 is 23.1 Å². The molecule has 0 aromatic heterocycles. The molecule has 6 nitrogen and oxygen atoms in total. The van der Waals surface area contributed by atoms with Crippen LogP contribution in [0.5, 0.6) is 0 Å². The van der Waals surface area contributed by atoms with E-state index in [1.165, 1.54) is 6.92 Å². The second-order valence-electron chi connectivity index (χ2n) is 6.02. The molecule has 2 N–H and O–H groups in total. The van der Waals surface area contributed by atoms with E-state index in [1.807, 2.05) is 20.8 Å². The number of hydrogen-bond donors (Lipinski definition) is 2. The van der Waals surface area contributed by atoms with Crippen molar-refractivity contribution >= 4 is 21.7 Å². The molecule has 19 heavy (non-hydrogen) atoms. The van der Waals surface area contributed by atoms with E-state index in [-0.39, 0.29) is 12.0 Å². The molecule has 0 saturated heterocycles. The Morgan fingerprint density at radius 1 is 1.26 bits per heavy atom. The van der Waals surface area contributed by atoms with Gasteiger partial charge in [-0.25, -0.2) is 8.42 Å². The first-order chi connectivity index (χ1) is 8.34. The number of carbonyl (C=O) groups excluding carboxylic acids is 1. The van der Waals surface area contributed by atoms with Gasteiger partial charge in [0.25, 0.3) is 0 Å². The first kappa shape index (κ1) is 17.9. The number of carbonyl (C=O) groups is 2. The molecule has 0 radical (unpaired) electrons. The van der Waals surface area contributed by atoms with Crippen molar-refractivity contribution in [3.05, 3.63) is 0 Å². The van der Waals surface area contributed by atoms with E-state index < -0.39 is 32.9 Å². The molecule has 0 bridgehead atoms. The van der Waals surface area contributed by atoms with Crippen LogP contribution in [0.25, 0.3) is 0 Å². The standard InChI is InChI=1S/C12H23NO5S/c1-8(19(5,17)18)10(14)13-7-9(11(15)16)6-12(2,3)4/h8-9H,6-7H2,1-5H3,(H,13,14)(H,15,16). The molecule has 0 heterocycles. The zero-order chi connectivity index (χ0) is 15.4. The fourth-order valence-electron chi connectivity index (χ4n) is 1.55. The zero-order valence-electron chi connectivity index (χ0n) is 12.1. The van der Waals surface area contributed by atoms with Crippen molar-refractivity contribution in [1.29, 1.82) is 0 Å². The lowest BCUT2D eigenvalue weighted by atomic mass is 9.84. The van der Waals surface area contributed by atoms with Crippen LogP contribution < -0.4 is 5.32 Å². The molecule has 0 rings (SSSR count). The van der Waals surface area contributed by atoms with Gasteiger partial charge in [-0.15, -0.1) is 0 Å². The third-order valence-electron chi connectivity index (χ3n) is 2.74. The van der Waals surface area contributed by atoms with Gasteiger partial charge >= 0.3 is 5.97 Å². The molecule has 0 fully saturated rings. The summed E-state index contributed by atoms with van der Waals surface area (Å²) in [6.45, 7) is 6.94. The van der Waals surface area contributed by atoms with Crippen LogP contribution in [0, 0.1) is 11.3 Å². The van der Waals surface area contributed by atoms with Crippen molar-refractivity contribution in [2.45, 2.75) is 39.4 Å². The van der Waals surface area contributed by atoms with Gasteiger partial charge in [0.15, 0.2) is 9.84 Å². The molecule has 7 heteroatoms. The molecule has 0 saturated carbocycles. The molecule has 112 valence electrons. The Morgan fingerprint density at radius 3 is 2.05 bits per heavy atom. The van der Waals surface area contributed by atoms with Crippen LogP contribution in [0.3, 0.4) is 0 Å². The van der Waals surface area contributed by atoms with Gasteiger partial charge in [0.2, 0.25) is 5.91 Å². The van der Waals surface area contributed by atoms with Crippen molar-refractivity contribution in [3.8, 4) is 0 Å². The normalized spacial score (nSPS) is 15.6. The molecule has 0 aliphatic heterocycles. The van der Waals surface area contributed by atoms with Gasteiger partial charge in [-0.3, -0.25) is 9.59 Å². The minimum absolute atomic E-state index is 0.0642. The van der Waals surface area contributed by atoms with Crippen LogP contribution in [0.1, 0.15) is 34.1 Å². The highest BCUT2D eigenvalue weighted by atomic mass is 32.2. The van der Waals surface area contributed by atoms with Crippen molar-refractivity contribution in [3.63, 3.8) is 0 Å². The first-order valence-electron chi connectivity index (χ1n) is 6.04. The monoisotopic (exact) mass is 293 g/mol. The van der Waals surface area contributed by atoms with Crippen molar-refractivity contribution in [2.24, 2.45) is 11.3 Å². The molecular formula is C12H23NO5S. The predicted molar refractivity (Wildman–Crippen MR) is 72.5 cm³/mol. The summed E-state index contributed by atoms with van der Waals surface area (Å²) in [5.74, 6) is -2.39. The highest BCUT2D eigenvalue weighted by molar-refractivity contribution is 7.92. The summed E-state index contributed by atoms with van der Waals surface area (Å²) in [5.41, 5.74) is -0.184. The van der Waals surface area contributed by atoms with Crippen LogP contribution in [-0.2, 0) is 19.4 Å². The van der Waals surface area contributed by atoms with Gasteiger partial charge in [0, 0.05) is 12.8 Å². The predicted octanol–water partition coefficient (Wildman–Crippen LogP) is 0.673. The molecule has 0 aromatic carbocycles. The Bertz CT molecular complexity index is 436. The summed E-state index contributed by atoms with van der Waals surface area (Å²) in [4.78, 5) is 22.7. The van der Waals surface area contributed by atoms with Gasteiger partial charge in [-0.1, -0.05) is 20.8 Å². The molecule has 0 aromatic rings. The summed E-state index contributed by atoms with van der Waals surface area (Å²) in [6.07, 6.45) is 1.37. The van der Waals surface area contributed by atoms with Crippen molar-refractivity contribution in [2.75, 3.05) is 12.8 Å². The summed E-state index contributed by atoms with van der Waals surface area (Å²) >= 11 is 0. The van der Waals surface area contributed by atoms with Gasteiger partial charge in [-0.05, 0) is 18.8 Å². The molecule has 0 aliphatic rings. The first-order valence-corrected chi connectivity index (χ1v) is 7.99. The largest absolute Gasteiger partial charge is 0.481 e. The molecule has 2 unspecified atom stereocenters.